The molecular weight excluding hydrogens is 392 g/mol. The SMILES string of the molecule is CC(C)C(=O)Nc1ccc(NCC(=O)Nc2cccc(C(=O)N3CCCCC3)c2)cc1. The van der Waals surface area contributed by atoms with Crippen molar-refractivity contribution in [3.63, 3.8) is 0 Å². The molecule has 3 rings (SSSR count). The second-order valence-electron chi connectivity index (χ2n) is 8.06. The van der Waals surface area contributed by atoms with E-state index in [1.54, 1.807) is 48.5 Å². The summed E-state index contributed by atoms with van der Waals surface area (Å²) >= 11 is 0. The lowest BCUT2D eigenvalue weighted by molar-refractivity contribution is -0.119. The molecule has 1 heterocycles. The number of likely N-dealkylation sites (tertiary alicyclic amines) is 1. The predicted molar refractivity (Wildman–Crippen MR) is 123 cm³/mol. The maximum atomic E-state index is 12.7. The third kappa shape index (κ3) is 6.57. The van der Waals surface area contributed by atoms with Crippen molar-refractivity contribution in [2.24, 2.45) is 5.92 Å². The summed E-state index contributed by atoms with van der Waals surface area (Å²) < 4.78 is 0. The van der Waals surface area contributed by atoms with E-state index in [1.807, 2.05) is 18.7 Å². The number of nitrogens with one attached hydrogen (secondary N) is 3. The number of piperidine rings is 1. The number of carbonyl (C=O) groups is 3. The van der Waals surface area contributed by atoms with Crippen molar-refractivity contribution in [3.05, 3.63) is 54.1 Å². The fourth-order valence-electron chi connectivity index (χ4n) is 3.36. The highest BCUT2D eigenvalue weighted by atomic mass is 16.2. The first-order valence-electron chi connectivity index (χ1n) is 10.8. The van der Waals surface area contributed by atoms with E-state index in [2.05, 4.69) is 16.0 Å². The minimum atomic E-state index is -0.209. The minimum Gasteiger partial charge on any atom is -0.376 e. The first kappa shape index (κ1) is 22.3. The van der Waals surface area contributed by atoms with E-state index in [0.29, 0.717) is 16.9 Å². The average Bonchev–Trinajstić information content (AvgIpc) is 2.79. The number of anilines is 3. The van der Waals surface area contributed by atoms with Crippen LogP contribution in [0.4, 0.5) is 17.1 Å². The van der Waals surface area contributed by atoms with Gasteiger partial charge in [0.2, 0.25) is 11.8 Å². The largest absolute Gasteiger partial charge is 0.376 e. The van der Waals surface area contributed by atoms with Gasteiger partial charge >= 0.3 is 0 Å². The molecule has 0 bridgehead atoms. The Morgan fingerprint density at radius 1 is 0.871 bits per heavy atom. The third-order valence-electron chi connectivity index (χ3n) is 5.17. The molecular formula is C24H30N4O3. The number of amides is 3. The Morgan fingerprint density at radius 3 is 2.23 bits per heavy atom. The lowest BCUT2D eigenvalue weighted by Crippen LogP contribution is -2.35. The molecule has 2 aromatic rings. The van der Waals surface area contributed by atoms with Crippen molar-refractivity contribution in [2.75, 3.05) is 35.6 Å². The summed E-state index contributed by atoms with van der Waals surface area (Å²) in [6.45, 7) is 5.34. The van der Waals surface area contributed by atoms with E-state index < -0.39 is 0 Å². The van der Waals surface area contributed by atoms with Crippen LogP contribution in [0.2, 0.25) is 0 Å². The Balaban J connectivity index is 1.50. The number of carbonyl (C=O) groups excluding carboxylic acids is 3. The normalized spacial score (nSPS) is 13.6. The summed E-state index contributed by atoms with van der Waals surface area (Å²) in [5.74, 6) is -0.324. The van der Waals surface area contributed by atoms with E-state index in [0.717, 1.165) is 31.6 Å². The van der Waals surface area contributed by atoms with E-state index in [1.165, 1.54) is 6.42 Å². The zero-order chi connectivity index (χ0) is 22.2. The molecule has 7 heteroatoms. The number of benzene rings is 2. The topological polar surface area (TPSA) is 90.5 Å². The van der Waals surface area contributed by atoms with Crippen molar-refractivity contribution < 1.29 is 14.4 Å². The van der Waals surface area contributed by atoms with Gasteiger partial charge in [0.15, 0.2) is 0 Å². The molecule has 0 spiro atoms. The zero-order valence-corrected chi connectivity index (χ0v) is 18.1. The third-order valence-corrected chi connectivity index (χ3v) is 5.17. The summed E-state index contributed by atoms with van der Waals surface area (Å²) in [5.41, 5.74) is 2.67. The van der Waals surface area contributed by atoms with Crippen LogP contribution in [0, 0.1) is 5.92 Å². The van der Waals surface area contributed by atoms with Crippen LogP contribution >= 0.6 is 0 Å². The van der Waals surface area contributed by atoms with Gasteiger partial charge in [0.1, 0.15) is 0 Å². The molecule has 1 saturated heterocycles. The first-order chi connectivity index (χ1) is 14.9. The van der Waals surface area contributed by atoms with Gasteiger partial charge in [-0.15, -0.1) is 0 Å². The van der Waals surface area contributed by atoms with Crippen LogP contribution in [0.3, 0.4) is 0 Å². The van der Waals surface area contributed by atoms with Crippen LogP contribution in [0.1, 0.15) is 43.5 Å². The van der Waals surface area contributed by atoms with Gasteiger partial charge in [0.05, 0.1) is 6.54 Å². The van der Waals surface area contributed by atoms with Gasteiger partial charge in [0.25, 0.3) is 5.91 Å². The molecule has 1 aliphatic rings. The summed E-state index contributed by atoms with van der Waals surface area (Å²) in [7, 11) is 0. The highest BCUT2D eigenvalue weighted by molar-refractivity contribution is 5.98. The van der Waals surface area contributed by atoms with E-state index >= 15 is 0 Å². The van der Waals surface area contributed by atoms with Gasteiger partial charge in [-0.2, -0.15) is 0 Å². The molecule has 0 aliphatic carbocycles. The molecule has 0 radical (unpaired) electrons. The monoisotopic (exact) mass is 422 g/mol. The fourth-order valence-corrected chi connectivity index (χ4v) is 3.36. The second kappa shape index (κ2) is 10.6. The van der Waals surface area contributed by atoms with Crippen molar-refractivity contribution in [1.29, 1.82) is 0 Å². The molecule has 1 fully saturated rings. The number of hydrogen-bond donors (Lipinski definition) is 3. The van der Waals surface area contributed by atoms with Crippen molar-refractivity contribution >= 4 is 34.8 Å². The number of rotatable bonds is 7. The molecule has 2 aromatic carbocycles. The van der Waals surface area contributed by atoms with Crippen molar-refractivity contribution in [2.45, 2.75) is 33.1 Å². The summed E-state index contributed by atoms with van der Waals surface area (Å²) in [5, 5.41) is 8.72. The van der Waals surface area contributed by atoms with Gasteiger partial charge in [-0.3, -0.25) is 14.4 Å². The lowest BCUT2D eigenvalue weighted by Gasteiger charge is -2.26. The van der Waals surface area contributed by atoms with Gasteiger partial charge < -0.3 is 20.9 Å². The maximum Gasteiger partial charge on any atom is 0.253 e. The standard InChI is InChI=1S/C24H30N4O3/c1-17(2)23(30)27-20-11-9-19(10-12-20)25-16-22(29)26-21-8-6-7-18(15-21)24(31)28-13-4-3-5-14-28/h6-12,15,17,25H,3-5,13-14,16H2,1-2H3,(H,26,29)(H,27,30). The number of hydrogen-bond acceptors (Lipinski definition) is 4. The number of nitrogens with zero attached hydrogens (tertiary/aromatic N) is 1. The van der Waals surface area contributed by atoms with Gasteiger partial charge in [-0.25, -0.2) is 0 Å². The van der Waals surface area contributed by atoms with Crippen LogP contribution in [-0.4, -0.2) is 42.3 Å². The molecule has 164 valence electrons. The predicted octanol–water partition coefficient (Wildman–Crippen LogP) is 3.96. The lowest BCUT2D eigenvalue weighted by atomic mass is 10.1. The van der Waals surface area contributed by atoms with E-state index in [4.69, 9.17) is 0 Å². The zero-order valence-electron chi connectivity index (χ0n) is 18.1. The molecule has 0 atom stereocenters. The molecule has 0 aromatic heterocycles. The Labute approximate surface area is 183 Å². The molecule has 0 saturated carbocycles. The van der Waals surface area contributed by atoms with E-state index in [9.17, 15) is 14.4 Å². The van der Waals surface area contributed by atoms with Crippen LogP contribution in [0.25, 0.3) is 0 Å². The molecule has 1 aliphatic heterocycles. The smallest absolute Gasteiger partial charge is 0.253 e. The highest BCUT2D eigenvalue weighted by Crippen LogP contribution is 2.17. The second-order valence-corrected chi connectivity index (χ2v) is 8.06. The van der Waals surface area contributed by atoms with Gasteiger partial charge in [-0.1, -0.05) is 19.9 Å². The van der Waals surface area contributed by atoms with Crippen molar-refractivity contribution in [1.82, 2.24) is 4.90 Å². The minimum absolute atomic E-state index is 0.0126. The quantitative estimate of drug-likeness (QED) is 0.630. The summed E-state index contributed by atoms with van der Waals surface area (Å²) in [6, 6.07) is 14.3. The maximum absolute atomic E-state index is 12.7. The van der Waals surface area contributed by atoms with Gasteiger partial charge in [-0.05, 0) is 61.7 Å². The van der Waals surface area contributed by atoms with Crippen LogP contribution in [0.15, 0.2) is 48.5 Å². The van der Waals surface area contributed by atoms with Crippen LogP contribution in [0.5, 0.6) is 0 Å². The van der Waals surface area contributed by atoms with Crippen LogP contribution < -0.4 is 16.0 Å². The van der Waals surface area contributed by atoms with Crippen LogP contribution in [-0.2, 0) is 9.59 Å². The van der Waals surface area contributed by atoms with Gasteiger partial charge in [0, 0.05) is 41.6 Å². The Morgan fingerprint density at radius 2 is 1.55 bits per heavy atom. The summed E-state index contributed by atoms with van der Waals surface area (Å²) in [4.78, 5) is 38.6. The molecule has 0 unspecified atom stereocenters. The van der Waals surface area contributed by atoms with E-state index in [-0.39, 0.29) is 30.2 Å². The van der Waals surface area contributed by atoms with Crippen molar-refractivity contribution in [3.8, 4) is 0 Å². The highest BCUT2D eigenvalue weighted by Gasteiger charge is 2.18. The average molecular weight is 423 g/mol. The fraction of sp³-hybridized carbons (Fsp3) is 0.375. The summed E-state index contributed by atoms with van der Waals surface area (Å²) in [6.07, 6.45) is 3.25. The Bertz CT molecular complexity index is 919. The Kier molecular flexibility index (Phi) is 7.65. The molecule has 3 amide bonds. The molecule has 31 heavy (non-hydrogen) atoms. The molecule has 7 nitrogen and oxygen atoms in total. The first-order valence-corrected chi connectivity index (χ1v) is 10.8. The Hall–Kier alpha value is -3.35. The molecule has 3 N–H and O–H groups in total.